The number of nitrogens with one attached hydrogen (secondary N) is 2. The maximum absolute atomic E-state index is 12.7. The van der Waals surface area contributed by atoms with Crippen LogP contribution in [0.1, 0.15) is 22.8 Å². The van der Waals surface area contributed by atoms with Crippen molar-refractivity contribution in [3.63, 3.8) is 0 Å². The molecular weight excluding hydrogens is 420 g/mol. The SMILES string of the molecule is COC(=O)[C@@H]1CSCc2c(O)cc(OC)cc2C(=O)O[C@H](C)[C@@H](NC(=O)O)C(=O)N1. The molecule has 1 aliphatic heterocycles. The molecule has 1 heterocycles. The summed E-state index contributed by atoms with van der Waals surface area (Å²) in [5.74, 6) is -2.30. The van der Waals surface area contributed by atoms with Crippen molar-refractivity contribution in [2.24, 2.45) is 0 Å². The second-order valence-corrected chi connectivity index (χ2v) is 7.34. The number of methoxy groups -OCH3 is 2. The fourth-order valence-electron chi connectivity index (χ4n) is 2.76. The smallest absolute Gasteiger partial charge is 0.405 e. The van der Waals surface area contributed by atoms with Gasteiger partial charge in [0.05, 0.1) is 19.8 Å². The molecule has 0 fully saturated rings. The minimum atomic E-state index is -1.52. The van der Waals surface area contributed by atoms with E-state index in [9.17, 15) is 24.3 Å². The summed E-state index contributed by atoms with van der Waals surface area (Å²) in [6.45, 7) is 1.32. The third-order valence-electron chi connectivity index (χ3n) is 4.31. The minimum absolute atomic E-state index is 0.00382. The molecule has 0 spiro atoms. The zero-order chi connectivity index (χ0) is 22.4. The third kappa shape index (κ3) is 5.47. The third-order valence-corrected chi connectivity index (χ3v) is 5.37. The van der Waals surface area contributed by atoms with Crippen molar-refractivity contribution in [2.45, 2.75) is 30.9 Å². The van der Waals surface area contributed by atoms with Gasteiger partial charge in [-0.25, -0.2) is 14.4 Å². The highest BCUT2D eigenvalue weighted by molar-refractivity contribution is 7.98. The van der Waals surface area contributed by atoms with E-state index in [1.807, 2.05) is 5.32 Å². The highest BCUT2D eigenvalue weighted by Crippen LogP contribution is 2.32. The minimum Gasteiger partial charge on any atom is -0.507 e. The number of ether oxygens (including phenoxy) is 3. The van der Waals surface area contributed by atoms with E-state index in [4.69, 9.17) is 19.3 Å². The lowest BCUT2D eigenvalue weighted by Gasteiger charge is -2.26. The second-order valence-electron chi connectivity index (χ2n) is 6.31. The van der Waals surface area contributed by atoms with Crippen LogP contribution in [0.3, 0.4) is 0 Å². The van der Waals surface area contributed by atoms with Gasteiger partial charge in [0.25, 0.3) is 0 Å². The van der Waals surface area contributed by atoms with E-state index in [0.717, 1.165) is 18.9 Å². The van der Waals surface area contributed by atoms with Gasteiger partial charge in [-0.2, -0.15) is 11.8 Å². The Morgan fingerprint density at radius 3 is 2.60 bits per heavy atom. The van der Waals surface area contributed by atoms with Crippen LogP contribution in [0, 0.1) is 0 Å². The summed E-state index contributed by atoms with van der Waals surface area (Å²) in [5, 5.41) is 23.8. The van der Waals surface area contributed by atoms with E-state index >= 15 is 0 Å². The van der Waals surface area contributed by atoms with Crippen LogP contribution in [0.5, 0.6) is 11.5 Å². The molecule has 0 aliphatic carbocycles. The number of esters is 2. The Hall–Kier alpha value is -3.15. The first-order valence-corrected chi connectivity index (χ1v) is 9.89. The lowest BCUT2D eigenvalue weighted by Crippen LogP contribution is -2.57. The Morgan fingerprint density at radius 2 is 2.00 bits per heavy atom. The van der Waals surface area contributed by atoms with E-state index in [0.29, 0.717) is 0 Å². The Labute approximate surface area is 176 Å². The number of cyclic esters (lactones) is 1. The average Bonchev–Trinajstić information content (AvgIpc) is 2.70. The van der Waals surface area contributed by atoms with Gasteiger partial charge < -0.3 is 35.1 Å². The molecule has 30 heavy (non-hydrogen) atoms. The van der Waals surface area contributed by atoms with Crippen LogP contribution in [-0.2, 0) is 24.8 Å². The highest BCUT2D eigenvalue weighted by Gasteiger charge is 2.34. The van der Waals surface area contributed by atoms with E-state index < -0.39 is 42.1 Å². The van der Waals surface area contributed by atoms with Crippen LogP contribution in [0.15, 0.2) is 12.1 Å². The largest absolute Gasteiger partial charge is 0.507 e. The van der Waals surface area contributed by atoms with Gasteiger partial charge in [0.2, 0.25) is 5.91 Å². The number of carbonyl (C=O) groups excluding carboxylic acids is 3. The molecule has 0 saturated carbocycles. The van der Waals surface area contributed by atoms with Crippen LogP contribution in [0.25, 0.3) is 0 Å². The molecule has 1 aromatic carbocycles. The first-order chi connectivity index (χ1) is 14.2. The molecule has 12 heteroatoms. The van der Waals surface area contributed by atoms with Gasteiger partial charge in [-0.05, 0) is 13.0 Å². The summed E-state index contributed by atoms with van der Waals surface area (Å²) in [6, 6.07) is 0.118. The van der Waals surface area contributed by atoms with Gasteiger partial charge in [-0.3, -0.25) is 4.79 Å². The maximum atomic E-state index is 12.7. The molecule has 3 atom stereocenters. The number of carboxylic acid groups (broad SMARTS) is 1. The molecule has 0 bridgehead atoms. The number of phenolic OH excluding ortho intramolecular Hbond substituents is 1. The summed E-state index contributed by atoms with van der Waals surface area (Å²) >= 11 is 1.15. The predicted molar refractivity (Wildman–Crippen MR) is 105 cm³/mol. The summed E-state index contributed by atoms with van der Waals surface area (Å²) in [4.78, 5) is 48.5. The van der Waals surface area contributed by atoms with Crippen molar-refractivity contribution >= 4 is 35.7 Å². The molecule has 1 aromatic rings. The standard InChI is InChI=1S/C18H22N2O9S/c1-8-14(20-18(25)26)15(22)19-12(17(24)28-3)7-30-6-11-10(16(23)29-8)4-9(27-2)5-13(11)21/h4-5,8,12,14,20-21H,6-7H2,1-3H3,(H,19,22)(H,25,26)/t8-,12+,14-/m1/s1. The molecule has 11 nitrogen and oxygen atoms in total. The molecule has 164 valence electrons. The van der Waals surface area contributed by atoms with Gasteiger partial charge in [0.1, 0.15) is 29.7 Å². The fourth-order valence-corrected chi connectivity index (χ4v) is 3.84. The normalized spacial score (nSPS) is 22.3. The van der Waals surface area contributed by atoms with Crippen molar-refractivity contribution in [3.8, 4) is 11.5 Å². The predicted octanol–water partition coefficient (Wildman–Crippen LogP) is 0.487. The molecular formula is C18H22N2O9S. The molecule has 2 rings (SSSR count). The topological polar surface area (TPSA) is 160 Å². The lowest BCUT2D eigenvalue weighted by atomic mass is 10.1. The Bertz CT molecular complexity index is 845. The van der Waals surface area contributed by atoms with Crippen molar-refractivity contribution in [2.75, 3.05) is 20.0 Å². The molecule has 0 saturated heterocycles. The summed E-state index contributed by atoms with van der Waals surface area (Å²) in [7, 11) is 2.51. The van der Waals surface area contributed by atoms with Crippen LogP contribution in [0.4, 0.5) is 4.79 Å². The maximum Gasteiger partial charge on any atom is 0.405 e. The van der Waals surface area contributed by atoms with Crippen LogP contribution >= 0.6 is 11.8 Å². The number of thioether (sulfide) groups is 1. The van der Waals surface area contributed by atoms with Gasteiger partial charge in [0.15, 0.2) is 0 Å². The van der Waals surface area contributed by atoms with E-state index in [2.05, 4.69) is 5.32 Å². The van der Waals surface area contributed by atoms with Crippen molar-refractivity contribution in [1.82, 2.24) is 10.6 Å². The molecule has 0 aromatic heterocycles. The molecule has 0 unspecified atom stereocenters. The van der Waals surface area contributed by atoms with Crippen molar-refractivity contribution < 1.29 is 43.6 Å². The first kappa shape index (κ1) is 23.1. The van der Waals surface area contributed by atoms with Crippen LogP contribution < -0.4 is 15.4 Å². The molecule has 4 N–H and O–H groups in total. The monoisotopic (exact) mass is 442 g/mol. The first-order valence-electron chi connectivity index (χ1n) is 8.74. The summed E-state index contributed by atoms with van der Waals surface area (Å²) in [5.41, 5.74) is 0.243. The Balaban J connectivity index is 2.49. The van der Waals surface area contributed by atoms with Crippen molar-refractivity contribution in [3.05, 3.63) is 23.3 Å². The van der Waals surface area contributed by atoms with E-state index in [1.165, 1.54) is 26.2 Å². The zero-order valence-corrected chi connectivity index (χ0v) is 17.3. The summed E-state index contributed by atoms with van der Waals surface area (Å²) in [6.07, 6.45) is -2.76. The Morgan fingerprint density at radius 1 is 1.30 bits per heavy atom. The van der Waals surface area contributed by atoms with Crippen LogP contribution in [-0.4, -0.2) is 72.3 Å². The molecule has 2 amide bonds. The number of carbonyl (C=O) groups is 4. The lowest BCUT2D eigenvalue weighted by molar-refractivity contribution is -0.144. The van der Waals surface area contributed by atoms with Gasteiger partial charge in [0, 0.05) is 23.1 Å². The van der Waals surface area contributed by atoms with Gasteiger partial charge in [-0.15, -0.1) is 0 Å². The van der Waals surface area contributed by atoms with Crippen LogP contribution in [0.2, 0.25) is 0 Å². The summed E-state index contributed by atoms with van der Waals surface area (Å²) < 4.78 is 15.1. The molecule has 1 aliphatic rings. The second kappa shape index (κ2) is 10.1. The number of rotatable bonds is 3. The van der Waals surface area contributed by atoms with Gasteiger partial charge >= 0.3 is 18.0 Å². The average molecular weight is 442 g/mol. The van der Waals surface area contributed by atoms with E-state index in [1.54, 1.807) is 0 Å². The number of benzene rings is 1. The number of phenols is 1. The molecule has 0 radical (unpaired) electrons. The number of fused-ring (bicyclic) bond motifs is 1. The van der Waals surface area contributed by atoms with Gasteiger partial charge in [-0.1, -0.05) is 0 Å². The highest BCUT2D eigenvalue weighted by atomic mass is 32.2. The van der Waals surface area contributed by atoms with E-state index in [-0.39, 0.29) is 34.1 Å². The zero-order valence-electron chi connectivity index (χ0n) is 16.5. The fraction of sp³-hybridized carbons (Fsp3) is 0.444. The number of amides is 2. The Kier molecular flexibility index (Phi) is 7.75. The number of aromatic hydroxyl groups is 1. The number of hydrogen-bond acceptors (Lipinski definition) is 9. The van der Waals surface area contributed by atoms with Crippen molar-refractivity contribution in [1.29, 1.82) is 0 Å². The quantitative estimate of drug-likeness (QED) is 0.485. The number of hydrogen-bond donors (Lipinski definition) is 4.